The molecule has 0 saturated carbocycles. The Kier molecular flexibility index (Phi) is 6.68. The zero-order chi connectivity index (χ0) is 23.5. The first-order chi connectivity index (χ1) is 15.0. The van der Waals surface area contributed by atoms with Crippen molar-refractivity contribution >= 4 is 17.7 Å². The highest BCUT2D eigenvalue weighted by atomic mass is 16.7. The molecule has 0 radical (unpaired) electrons. The van der Waals surface area contributed by atoms with Crippen LogP contribution in [0, 0.1) is 20.8 Å². The molecule has 0 aliphatic heterocycles. The molecule has 0 spiro atoms. The molecule has 1 amide bonds. The number of carbonyl (C=O) groups excluding carboxylic acids is 2. The molecule has 0 unspecified atom stereocenters. The predicted molar refractivity (Wildman–Crippen MR) is 127 cm³/mol. The topological polar surface area (TPSA) is 64.6 Å². The number of rotatable bonds is 4. The van der Waals surface area contributed by atoms with Crippen molar-refractivity contribution in [1.82, 2.24) is 0 Å². The van der Waals surface area contributed by atoms with Gasteiger partial charge < -0.3 is 14.8 Å². The average molecular weight is 432 g/mol. The summed E-state index contributed by atoms with van der Waals surface area (Å²) in [4.78, 5) is 24.7. The Labute approximate surface area is 189 Å². The van der Waals surface area contributed by atoms with Gasteiger partial charge in [0.05, 0.1) is 0 Å². The normalized spacial score (nSPS) is 11.1. The maximum Gasteiger partial charge on any atom is 0.514 e. The number of benzene rings is 3. The molecule has 0 aromatic heterocycles. The van der Waals surface area contributed by atoms with Crippen molar-refractivity contribution in [3.8, 4) is 16.9 Å². The van der Waals surface area contributed by atoms with Gasteiger partial charge in [-0.3, -0.25) is 4.79 Å². The Morgan fingerprint density at radius 2 is 1.47 bits per heavy atom. The quantitative estimate of drug-likeness (QED) is 0.363. The van der Waals surface area contributed by atoms with E-state index in [-0.39, 0.29) is 5.91 Å². The third kappa shape index (κ3) is 5.76. The highest BCUT2D eigenvalue weighted by Gasteiger charge is 2.18. The predicted octanol–water partition coefficient (Wildman–Crippen LogP) is 6.85. The summed E-state index contributed by atoms with van der Waals surface area (Å²) in [6.45, 7) is 11.3. The lowest BCUT2D eigenvalue weighted by atomic mass is 10.0. The van der Waals surface area contributed by atoms with Gasteiger partial charge in [-0.1, -0.05) is 36.4 Å². The third-order valence-corrected chi connectivity index (χ3v) is 5.11. The van der Waals surface area contributed by atoms with Gasteiger partial charge in [-0.25, -0.2) is 4.79 Å². The van der Waals surface area contributed by atoms with Crippen LogP contribution >= 0.6 is 0 Å². The molecule has 3 aromatic carbocycles. The molecule has 0 aliphatic carbocycles. The molecular formula is C27H29NO4. The first kappa shape index (κ1) is 23.1. The van der Waals surface area contributed by atoms with Crippen LogP contribution in [0.5, 0.6) is 5.75 Å². The van der Waals surface area contributed by atoms with Crippen molar-refractivity contribution in [1.29, 1.82) is 0 Å². The number of carbonyl (C=O) groups is 2. The van der Waals surface area contributed by atoms with Crippen LogP contribution in [-0.2, 0) is 4.74 Å². The fourth-order valence-electron chi connectivity index (χ4n) is 3.21. The number of ether oxygens (including phenoxy) is 2. The fraction of sp³-hybridized carbons (Fsp3) is 0.259. The van der Waals surface area contributed by atoms with Crippen LogP contribution in [0.25, 0.3) is 11.1 Å². The molecule has 3 aromatic rings. The number of hydrogen-bond acceptors (Lipinski definition) is 4. The third-order valence-electron chi connectivity index (χ3n) is 5.11. The maximum atomic E-state index is 12.9. The van der Waals surface area contributed by atoms with Crippen molar-refractivity contribution in [3.05, 3.63) is 82.9 Å². The zero-order valence-corrected chi connectivity index (χ0v) is 19.4. The van der Waals surface area contributed by atoms with Gasteiger partial charge in [0, 0.05) is 11.3 Å². The molecule has 32 heavy (non-hydrogen) atoms. The molecule has 0 atom stereocenters. The Morgan fingerprint density at radius 3 is 2.12 bits per heavy atom. The molecule has 5 nitrogen and oxygen atoms in total. The second-order valence-electron chi connectivity index (χ2n) is 8.82. The van der Waals surface area contributed by atoms with Crippen molar-refractivity contribution in [3.63, 3.8) is 0 Å². The minimum absolute atomic E-state index is 0.132. The van der Waals surface area contributed by atoms with Gasteiger partial charge >= 0.3 is 6.16 Å². The van der Waals surface area contributed by atoms with Crippen LogP contribution < -0.4 is 10.1 Å². The van der Waals surface area contributed by atoms with Crippen molar-refractivity contribution in [2.75, 3.05) is 5.32 Å². The van der Waals surface area contributed by atoms with Crippen LogP contribution in [0.4, 0.5) is 10.5 Å². The van der Waals surface area contributed by atoms with Gasteiger partial charge in [-0.15, -0.1) is 0 Å². The Bertz CT molecular complexity index is 1140. The summed E-state index contributed by atoms with van der Waals surface area (Å²) in [5.41, 5.74) is 5.70. The van der Waals surface area contributed by atoms with E-state index in [1.165, 1.54) is 0 Å². The van der Waals surface area contributed by atoms with Crippen LogP contribution in [0.15, 0.2) is 60.7 Å². The molecule has 0 heterocycles. The minimum Gasteiger partial charge on any atom is -0.428 e. The fourth-order valence-corrected chi connectivity index (χ4v) is 3.21. The van der Waals surface area contributed by atoms with E-state index in [1.54, 1.807) is 32.9 Å². The Morgan fingerprint density at radius 1 is 0.812 bits per heavy atom. The van der Waals surface area contributed by atoms with Gasteiger partial charge in [-0.2, -0.15) is 0 Å². The number of amides is 1. The SMILES string of the molecule is Cc1ccc(-c2ccc(OC(=O)OC(C)(C)C)cc2)cc1NC(=O)c1cccc(C)c1C. The molecular weight excluding hydrogens is 402 g/mol. The van der Waals surface area contributed by atoms with E-state index in [1.807, 2.05) is 69.3 Å². The summed E-state index contributed by atoms with van der Waals surface area (Å²) < 4.78 is 10.4. The molecule has 0 fully saturated rings. The monoisotopic (exact) mass is 431 g/mol. The molecule has 5 heteroatoms. The van der Waals surface area contributed by atoms with Crippen LogP contribution in [0.2, 0.25) is 0 Å². The smallest absolute Gasteiger partial charge is 0.428 e. The summed E-state index contributed by atoms with van der Waals surface area (Å²) in [5.74, 6) is 0.270. The van der Waals surface area contributed by atoms with E-state index in [4.69, 9.17) is 9.47 Å². The molecule has 166 valence electrons. The second kappa shape index (κ2) is 9.27. The number of hydrogen-bond donors (Lipinski definition) is 1. The lowest BCUT2D eigenvalue weighted by molar-refractivity contribution is 0.0206. The Balaban J connectivity index is 1.77. The summed E-state index contributed by atoms with van der Waals surface area (Å²) in [7, 11) is 0. The van der Waals surface area contributed by atoms with Gasteiger partial charge in [0.2, 0.25) is 0 Å². The highest BCUT2D eigenvalue weighted by Crippen LogP contribution is 2.28. The van der Waals surface area contributed by atoms with E-state index in [0.717, 1.165) is 33.5 Å². The molecule has 1 N–H and O–H groups in total. The maximum absolute atomic E-state index is 12.9. The first-order valence-electron chi connectivity index (χ1n) is 10.5. The Hall–Kier alpha value is -3.60. The van der Waals surface area contributed by atoms with E-state index < -0.39 is 11.8 Å². The summed E-state index contributed by atoms with van der Waals surface area (Å²) in [6.07, 6.45) is -0.739. The number of aryl methyl sites for hydroxylation is 2. The van der Waals surface area contributed by atoms with Gasteiger partial charge in [0.1, 0.15) is 11.4 Å². The van der Waals surface area contributed by atoms with E-state index >= 15 is 0 Å². The van der Waals surface area contributed by atoms with Crippen LogP contribution in [0.3, 0.4) is 0 Å². The number of anilines is 1. The standard InChI is InChI=1S/C27H29NO4/c1-17-8-7-9-23(19(17)3)25(29)28-24-16-21(11-10-18(24)2)20-12-14-22(15-13-20)31-26(30)32-27(4,5)6/h7-16H,1-6H3,(H,28,29). The second-order valence-corrected chi connectivity index (χ2v) is 8.82. The lowest BCUT2D eigenvalue weighted by Gasteiger charge is -2.18. The largest absolute Gasteiger partial charge is 0.514 e. The molecule has 3 rings (SSSR count). The zero-order valence-electron chi connectivity index (χ0n) is 19.4. The highest BCUT2D eigenvalue weighted by molar-refractivity contribution is 6.06. The van der Waals surface area contributed by atoms with Crippen molar-refractivity contribution < 1.29 is 19.1 Å². The van der Waals surface area contributed by atoms with Crippen molar-refractivity contribution in [2.24, 2.45) is 0 Å². The van der Waals surface area contributed by atoms with Gasteiger partial charge in [0.25, 0.3) is 5.91 Å². The minimum atomic E-state index is -0.739. The van der Waals surface area contributed by atoms with Crippen LogP contribution in [-0.4, -0.2) is 17.7 Å². The van der Waals surface area contributed by atoms with Gasteiger partial charge in [-0.05, 0) is 93.6 Å². The summed E-state index contributed by atoms with van der Waals surface area (Å²) >= 11 is 0. The van der Waals surface area contributed by atoms with Gasteiger partial charge in [0.15, 0.2) is 0 Å². The molecule has 0 saturated heterocycles. The summed E-state index contributed by atoms with van der Waals surface area (Å²) in [6, 6.07) is 18.8. The average Bonchev–Trinajstić information content (AvgIpc) is 2.71. The molecule has 0 bridgehead atoms. The molecule has 0 aliphatic rings. The summed E-state index contributed by atoms with van der Waals surface area (Å²) in [5, 5.41) is 3.04. The first-order valence-corrected chi connectivity index (χ1v) is 10.5. The van der Waals surface area contributed by atoms with E-state index in [2.05, 4.69) is 5.32 Å². The number of nitrogens with one attached hydrogen (secondary N) is 1. The van der Waals surface area contributed by atoms with E-state index in [9.17, 15) is 9.59 Å². The van der Waals surface area contributed by atoms with Crippen LogP contribution in [0.1, 0.15) is 47.8 Å². The van der Waals surface area contributed by atoms with E-state index in [0.29, 0.717) is 11.3 Å². The van der Waals surface area contributed by atoms with Crippen molar-refractivity contribution in [2.45, 2.75) is 47.1 Å². The lowest BCUT2D eigenvalue weighted by Crippen LogP contribution is -2.25.